The van der Waals surface area contributed by atoms with Crippen LogP contribution in [0.4, 0.5) is 0 Å². The minimum atomic E-state index is 0.539. The zero-order valence-corrected chi connectivity index (χ0v) is 12.0. The summed E-state index contributed by atoms with van der Waals surface area (Å²) in [6.07, 6.45) is 3.19. The van der Waals surface area contributed by atoms with Gasteiger partial charge in [-0.15, -0.1) is 0 Å². The summed E-state index contributed by atoms with van der Waals surface area (Å²) in [5.74, 6) is 1.18. The van der Waals surface area contributed by atoms with Crippen LogP contribution in [0.25, 0.3) is 0 Å². The summed E-state index contributed by atoms with van der Waals surface area (Å²) in [6, 6.07) is 3.76. The van der Waals surface area contributed by atoms with Gasteiger partial charge in [0.05, 0.1) is 11.2 Å². The van der Waals surface area contributed by atoms with Crippen molar-refractivity contribution < 1.29 is 4.74 Å². The maximum absolute atomic E-state index is 5.90. The SMILES string of the molecule is CNCc1c(C)cc(C)nc1Oc1cncc(Cl)c1. The lowest BCUT2D eigenvalue weighted by Gasteiger charge is -2.13. The van der Waals surface area contributed by atoms with Gasteiger partial charge in [-0.25, -0.2) is 4.98 Å². The number of nitrogens with one attached hydrogen (secondary N) is 1. The molecule has 1 N–H and O–H groups in total. The molecule has 0 amide bonds. The highest BCUT2D eigenvalue weighted by Gasteiger charge is 2.11. The molecule has 0 unspecified atom stereocenters. The van der Waals surface area contributed by atoms with Crippen molar-refractivity contribution >= 4 is 11.6 Å². The van der Waals surface area contributed by atoms with Crippen molar-refractivity contribution in [1.82, 2.24) is 15.3 Å². The van der Waals surface area contributed by atoms with Gasteiger partial charge < -0.3 is 10.1 Å². The second-order valence-electron chi connectivity index (χ2n) is 4.34. The van der Waals surface area contributed by atoms with Gasteiger partial charge in [0.25, 0.3) is 0 Å². The van der Waals surface area contributed by atoms with Crippen molar-refractivity contribution in [2.45, 2.75) is 20.4 Å². The van der Waals surface area contributed by atoms with Crippen LogP contribution in [0.5, 0.6) is 11.6 Å². The van der Waals surface area contributed by atoms with Crippen LogP contribution < -0.4 is 10.1 Å². The van der Waals surface area contributed by atoms with E-state index in [1.807, 2.05) is 27.0 Å². The van der Waals surface area contributed by atoms with E-state index in [9.17, 15) is 0 Å². The fourth-order valence-corrected chi connectivity index (χ4v) is 2.03. The highest BCUT2D eigenvalue weighted by molar-refractivity contribution is 6.30. The predicted octanol–water partition coefficient (Wildman–Crippen LogP) is 3.26. The first-order valence-electron chi connectivity index (χ1n) is 6.00. The van der Waals surface area contributed by atoms with Crippen molar-refractivity contribution in [3.05, 3.63) is 46.4 Å². The van der Waals surface area contributed by atoms with Crippen molar-refractivity contribution in [1.29, 1.82) is 0 Å². The fourth-order valence-electron chi connectivity index (χ4n) is 1.87. The summed E-state index contributed by atoms with van der Waals surface area (Å²) in [7, 11) is 1.89. The molecule has 0 aromatic carbocycles. The van der Waals surface area contributed by atoms with Crippen LogP contribution in [0.1, 0.15) is 16.8 Å². The number of rotatable bonds is 4. The maximum atomic E-state index is 5.90. The van der Waals surface area contributed by atoms with E-state index in [-0.39, 0.29) is 0 Å². The Labute approximate surface area is 117 Å². The first-order chi connectivity index (χ1) is 9.10. The Bertz CT molecular complexity index is 587. The van der Waals surface area contributed by atoms with Gasteiger partial charge >= 0.3 is 0 Å². The Morgan fingerprint density at radius 2 is 2.05 bits per heavy atom. The van der Waals surface area contributed by atoms with E-state index in [2.05, 4.69) is 15.3 Å². The van der Waals surface area contributed by atoms with E-state index in [4.69, 9.17) is 16.3 Å². The summed E-state index contributed by atoms with van der Waals surface area (Å²) < 4.78 is 5.81. The predicted molar refractivity (Wildman–Crippen MR) is 75.8 cm³/mol. The summed E-state index contributed by atoms with van der Waals surface area (Å²) >= 11 is 5.90. The minimum Gasteiger partial charge on any atom is -0.437 e. The fraction of sp³-hybridized carbons (Fsp3) is 0.286. The third-order valence-electron chi connectivity index (χ3n) is 2.69. The number of nitrogens with zero attached hydrogens (tertiary/aromatic N) is 2. The van der Waals surface area contributed by atoms with E-state index < -0.39 is 0 Å². The number of aryl methyl sites for hydroxylation is 2. The van der Waals surface area contributed by atoms with E-state index >= 15 is 0 Å². The summed E-state index contributed by atoms with van der Waals surface area (Å²) in [5, 5.41) is 3.66. The number of hydrogen-bond acceptors (Lipinski definition) is 4. The number of hydrogen-bond donors (Lipinski definition) is 1. The Hall–Kier alpha value is -1.65. The number of halogens is 1. The van der Waals surface area contributed by atoms with E-state index in [1.54, 1.807) is 18.5 Å². The second-order valence-corrected chi connectivity index (χ2v) is 4.77. The number of pyridine rings is 2. The van der Waals surface area contributed by atoms with Gasteiger partial charge in [-0.3, -0.25) is 4.98 Å². The average Bonchev–Trinajstić information content (AvgIpc) is 2.33. The zero-order valence-electron chi connectivity index (χ0n) is 11.2. The molecule has 0 spiro atoms. The van der Waals surface area contributed by atoms with E-state index in [0.717, 1.165) is 16.8 Å². The molecular weight excluding hydrogens is 262 g/mol. The molecule has 2 rings (SSSR count). The Balaban J connectivity index is 2.38. The van der Waals surface area contributed by atoms with Gasteiger partial charge in [0.15, 0.2) is 0 Å². The third-order valence-corrected chi connectivity index (χ3v) is 2.89. The summed E-state index contributed by atoms with van der Waals surface area (Å²) in [4.78, 5) is 8.44. The van der Waals surface area contributed by atoms with Gasteiger partial charge in [-0.1, -0.05) is 11.6 Å². The Kier molecular flexibility index (Phi) is 4.35. The smallest absolute Gasteiger partial charge is 0.224 e. The average molecular weight is 278 g/mol. The van der Waals surface area contributed by atoms with Gasteiger partial charge in [0, 0.05) is 30.1 Å². The molecule has 0 aliphatic carbocycles. The number of aromatic nitrogens is 2. The van der Waals surface area contributed by atoms with E-state index in [1.165, 1.54) is 0 Å². The van der Waals surface area contributed by atoms with Crippen LogP contribution in [-0.4, -0.2) is 17.0 Å². The highest BCUT2D eigenvalue weighted by Crippen LogP contribution is 2.27. The molecule has 4 nitrogen and oxygen atoms in total. The molecule has 2 heterocycles. The van der Waals surface area contributed by atoms with Crippen LogP contribution in [0, 0.1) is 13.8 Å². The van der Waals surface area contributed by atoms with Crippen LogP contribution in [0.15, 0.2) is 24.5 Å². The molecule has 0 bridgehead atoms. The van der Waals surface area contributed by atoms with E-state index in [0.29, 0.717) is 23.2 Å². The molecule has 0 aliphatic rings. The van der Waals surface area contributed by atoms with Crippen LogP contribution in [0.3, 0.4) is 0 Å². The van der Waals surface area contributed by atoms with Crippen LogP contribution >= 0.6 is 11.6 Å². The van der Waals surface area contributed by atoms with Crippen LogP contribution in [-0.2, 0) is 6.54 Å². The van der Waals surface area contributed by atoms with Gasteiger partial charge in [-0.05, 0) is 32.5 Å². The molecule has 19 heavy (non-hydrogen) atoms. The van der Waals surface area contributed by atoms with Gasteiger partial charge in [0.1, 0.15) is 5.75 Å². The standard InChI is InChI=1S/C14H16ClN3O/c1-9-4-10(2)18-14(13(9)8-16-3)19-12-5-11(15)6-17-7-12/h4-7,16H,8H2,1-3H3. The molecule has 0 atom stereocenters. The molecule has 5 heteroatoms. The monoisotopic (exact) mass is 277 g/mol. The Morgan fingerprint density at radius 1 is 1.26 bits per heavy atom. The molecule has 0 saturated carbocycles. The molecule has 0 fully saturated rings. The quantitative estimate of drug-likeness (QED) is 0.932. The number of ether oxygens (including phenoxy) is 1. The van der Waals surface area contributed by atoms with Crippen molar-refractivity contribution in [2.75, 3.05) is 7.05 Å². The lowest BCUT2D eigenvalue weighted by atomic mass is 10.1. The molecule has 100 valence electrons. The Morgan fingerprint density at radius 3 is 2.74 bits per heavy atom. The normalized spacial score (nSPS) is 10.5. The lowest BCUT2D eigenvalue weighted by Crippen LogP contribution is -2.09. The third kappa shape index (κ3) is 3.43. The van der Waals surface area contributed by atoms with Crippen molar-refractivity contribution in [3.8, 4) is 11.6 Å². The first-order valence-corrected chi connectivity index (χ1v) is 6.38. The topological polar surface area (TPSA) is 47.0 Å². The van der Waals surface area contributed by atoms with Crippen molar-refractivity contribution in [3.63, 3.8) is 0 Å². The van der Waals surface area contributed by atoms with Crippen molar-refractivity contribution in [2.24, 2.45) is 0 Å². The maximum Gasteiger partial charge on any atom is 0.224 e. The van der Waals surface area contributed by atoms with Crippen LogP contribution in [0.2, 0.25) is 5.02 Å². The molecule has 0 radical (unpaired) electrons. The molecule has 2 aromatic rings. The molecule has 0 aliphatic heterocycles. The zero-order chi connectivity index (χ0) is 13.8. The summed E-state index contributed by atoms with van der Waals surface area (Å²) in [5.41, 5.74) is 3.10. The summed E-state index contributed by atoms with van der Waals surface area (Å²) in [6.45, 7) is 4.69. The van der Waals surface area contributed by atoms with Gasteiger partial charge in [0.2, 0.25) is 5.88 Å². The van der Waals surface area contributed by atoms with Gasteiger partial charge in [-0.2, -0.15) is 0 Å². The highest BCUT2D eigenvalue weighted by atomic mass is 35.5. The molecule has 2 aromatic heterocycles. The molecule has 0 saturated heterocycles. The minimum absolute atomic E-state index is 0.539. The second kappa shape index (κ2) is 5.99. The lowest BCUT2D eigenvalue weighted by molar-refractivity contribution is 0.450. The first kappa shape index (κ1) is 13.8. The largest absolute Gasteiger partial charge is 0.437 e. The molecular formula is C14H16ClN3O.